The van der Waals surface area contributed by atoms with Gasteiger partial charge in [-0.3, -0.25) is 38.9 Å². The van der Waals surface area contributed by atoms with Crippen molar-refractivity contribution >= 4 is 70.8 Å². The van der Waals surface area contributed by atoms with Crippen LogP contribution in [-0.4, -0.2) is 212 Å². The Morgan fingerprint density at radius 1 is 0.728 bits per heavy atom. The molecule has 32 heteroatoms. The number of likely N-dealkylation sites (N-methyl/N-ethyl adjacent to an activating group) is 2. The van der Waals surface area contributed by atoms with Crippen molar-refractivity contribution in [2.75, 3.05) is 51.1 Å². The first kappa shape index (κ1) is 91.0. The number of methoxy groups -OCH3 is 1. The molecule has 12 N–H and O–H groups in total. The highest BCUT2D eigenvalue weighted by atomic mass is 16.7. The van der Waals surface area contributed by atoms with E-state index in [9.17, 15) is 73.5 Å². The number of aromatic nitrogens is 3. The van der Waals surface area contributed by atoms with E-state index >= 15 is 0 Å². The average Bonchev–Trinajstić information content (AvgIpc) is 1.55. The van der Waals surface area contributed by atoms with Gasteiger partial charge in [-0.05, 0) is 126 Å². The predicted octanol–water partition coefficient (Wildman–Crippen LogP) is 6.30. The third-order valence-electron chi connectivity index (χ3n) is 20.5. The van der Waals surface area contributed by atoms with Gasteiger partial charge in [-0.25, -0.2) is 19.1 Å². The molecule has 0 aliphatic carbocycles. The minimum atomic E-state index is -2.04. The summed E-state index contributed by atoms with van der Waals surface area (Å²) >= 11 is 0. The SMILES string of the molecule is CNC(C(=O)NC(C(=O)N(C)C(/C=C(\C)C(=O)O)C(C)C)C(C)(C)C)C(C)(C)c1cccc(NC(=O)OCc2ccc(OC3OC(C(=O)O)C(O)C(O)C3O)c(CNC(=O)CCNC(=O)C(CNC(=O)CCC(C)(C)OCCC(C)(C)OC)NC(=O)CCCCC(=O)N3Cc4ccccc4-c4nnn(C)c4-c4ccccc43)c2)c1. The molecule has 0 spiro atoms. The fourth-order valence-electron chi connectivity index (χ4n) is 13.3. The topological polar surface area (TPSA) is 439 Å². The number of nitrogens with one attached hydrogen (secondary N) is 7. The molecule has 2 aliphatic rings. The first-order valence-corrected chi connectivity index (χ1v) is 38.2. The number of nitrogens with zero attached hydrogens (tertiary/aromatic N) is 5. The number of benzene rings is 4. The summed E-state index contributed by atoms with van der Waals surface area (Å²) in [5.41, 5.74) is 3.08. The molecule has 1 fully saturated rings. The molecule has 7 rings (SSSR count). The number of anilines is 2. The number of aryl methyl sites for hydroxylation is 1. The van der Waals surface area contributed by atoms with Crippen LogP contribution in [0.15, 0.2) is 103 Å². The molecule has 3 heterocycles. The lowest BCUT2D eigenvalue weighted by molar-refractivity contribution is -0.271. The van der Waals surface area contributed by atoms with Gasteiger partial charge in [0.05, 0.1) is 47.8 Å². The third kappa shape index (κ3) is 24.7. The Morgan fingerprint density at radius 2 is 1.40 bits per heavy atom. The highest BCUT2D eigenvalue weighted by Gasteiger charge is 2.49. The van der Waals surface area contributed by atoms with E-state index in [4.69, 9.17) is 23.7 Å². The number of amides is 8. The minimum absolute atomic E-state index is 0.00830. The van der Waals surface area contributed by atoms with E-state index in [1.807, 2.05) is 125 Å². The second-order valence-corrected chi connectivity index (χ2v) is 32.0. The Labute approximate surface area is 665 Å². The van der Waals surface area contributed by atoms with Gasteiger partial charge in [-0.2, -0.15) is 0 Å². The molecule has 0 radical (unpaired) electrons. The lowest BCUT2D eigenvalue weighted by Gasteiger charge is -2.40. The summed E-state index contributed by atoms with van der Waals surface area (Å²) < 4.78 is 30.3. The van der Waals surface area contributed by atoms with Gasteiger partial charge < -0.3 is 90.9 Å². The van der Waals surface area contributed by atoms with E-state index in [0.717, 1.165) is 22.4 Å². The second kappa shape index (κ2) is 40.2. The van der Waals surface area contributed by atoms with Crippen molar-refractivity contribution in [1.82, 2.24) is 51.8 Å². The van der Waals surface area contributed by atoms with Gasteiger partial charge in [0.1, 0.15) is 48.4 Å². The van der Waals surface area contributed by atoms with Crippen LogP contribution in [-0.2, 0) is 94.3 Å². The third-order valence-corrected chi connectivity index (χ3v) is 20.5. The maximum atomic E-state index is 14.4. The summed E-state index contributed by atoms with van der Waals surface area (Å²) in [6.07, 6.45) is -8.24. The summed E-state index contributed by atoms with van der Waals surface area (Å²) in [6, 6.07) is 22.2. The van der Waals surface area contributed by atoms with Crippen LogP contribution in [0.3, 0.4) is 0 Å². The second-order valence-electron chi connectivity index (χ2n) is 32.0. The van der Waals surface area contributed by atoms with E-state index in [2.05, 4.69) is 47.5 Å². The first-order chi connectivity index (χ1) is 53.6. The number of carbonyl (C=O) groups is 10. The summed E-state index contributed by atoms with van der Waals surface area (Å²) in [4.78, 5) is 139. The van der Waals surface area contributed by atoms with Crippen LogP contribution in [0.5, 0.6) is 5.75 Å². The molecule has 622 valence electrons. The molecule has 9 atom stereocenters. The molecule has 5 aromatic rings. The number of rotatable bonds is 38. The number of carboxylic acids is 2. The number of para-hydroxylation sites is 1. The normalized spacial score (nSPS) is 17.5. The standard InChI is InChI=1S/C82H114N12O20/c1-47(2)58(40-48(3)75(105)106)92(14)74(104)71(79(4,5)6)89-73(103)70(83-13)82(11,12)52-25-23-26-53(42-52)87-78(109)111-46-49-32-33-59(113-77-68(101)66(99)67(100)69(114-77)76(107)108)51(41-49)43-85-61(96)35-38-84-72(102)56(44-86-60(95)34-36-81(9,10)112-39-37-80(7,8)110-16)88-62(97)30-21-22-31-63(98)94-45-50-24-17-18-27-54(50)64-65(93(15)91-90-64)55-28-19-20-29-57(55)94/h17-20,23-29,32-33,40-42,47,56,58,66-71,77,83,99-101H,21-22,30-31,34-39,43-46H2,1-16H3,(H,84,102)(H,85,96)(H,86,95)(H,87,109)(H,88,97)(H,89,103)(H,105,106)(H,107,108)/b48-40+. The predicted molar refractivity (Wildman–Crippen MR) is 423 cm³/mol. The van der Waals surface area contributed by atoms with Gasteiger partial charge in [0.25, 0.3) is 0 Å². The highest BCUT2D eigenvalue weighted by molar-refractivity contribution is 6.00. The van der Waals surface area contributed by atoms with E-state index in [-0.39, 0.29) is 92.7 Å². The number of unbranched alkanes of at least 4 members (excludes halogenated alkanes) is 1. The minimum Gasteiger partial charge on any atom is -0.479 e. The van der Waals surface area contributed by atoms with Crippen LogP contribution in [0.25, 0.3) is 22.5 Å². The molecule has 1 saturated heterocycles. The number of hydrogen-bond acceptors (Lipinski definition) is 21. The summed E-state index contributed by atoms with van der Waals surface area (Å²) in [6.45, 7) is 21.1. The summed E-state index contributed by atoms with van der Waals surface area (Å²) in [7, 11) is 6.58. The number of aliphatic carboxylic acids is 2. The van der Waals surface area contributed by atoms with Gasteiger partial charge in [-0.15, -0.1) is 5.10 Å². The average molecular weight is 1590 g/mol. The van der Waals surface area contributed by atoms with E-state index in [1.54, 1.807) is 62.1 Å². The number of hydrogen-bond donors (Lipinski definition) is 12. The number of aliphatic hydroxyl groups is 3. The van der Waals surface area contributed by atoms with Crippen LogP contribution in [0.2, 0.25) is 0 Å². The first-order valence-electron chi connectivity index (χ1n) is 38.2. The molecule has 2 aliphatic heterocycles. The molecule has 4 aromatic carbocycles. The zero-order valence-corrected chi connectivity index (χ0v) is 68.0. The van der Waals surface area contributed by atoms with Crippen molar-refractivity contribution in [2.45, 2.75) is 226 Å². The van der Waals surface area contributed by atoms with E-state index < -0.39 is 137 Å². The lowest BCUT2D eigenvalue weighted by Crippen LogP contribution is -2.61. The Balaban J connectivity index is 1.01. The number of carboxylic acid groups (broad SMARTS) is 2. The van der Waals surface area contributed by atoms with Crippen LogP contribution in [0.4, 0.5) is 16.2 Å². The van der Waals surface area contributed by atoms with E-state index in [0.29, 0.717) is 48.4 Å². The molecule has 8 amide bonds. The monoisotopic (exact) mass is 1590 g/mol. The number of aliphatic hydroxyl groups excluding tert-OH is 3. The van der Waals surface area contributed by atoms with Crippen LogP contribution in [0, 0.1) is 11.3 Å². The Hall–Kier alpha value is -10.2. The number of carbonyl (C=O) groups excluding carboxylic acids is 8. The lowest BCUT2D eigenvalue weighted by atomic mass is 9.76. The maximum Gasteiger partial charge on any atom is 0.411 e. The van der Waals surface area contributed by atoms with Crippen molar-refractivity contribution in [3.05, 3.63) is 125 Å². The van der Waals surface area contributed by atoms with Crippen molar-refractivity contribution in [3.63, 3.8) is 0 Å². The van der Waals surface area contributed by atoms with Gasteiger partial charge in [0.2, 0.25) is 47.6 Å². The van der Waals surface area contributed by atoms with Gasteiger partial charge in [0.15, 0.2) is 6.10 Å². The van der Waals surface area contributed by atoms with Crippen molar-refractivity contribution in [2.24, 2.45) is 18.4 Å². The van der Waals surface area contributed by atoms with Gasteiger partial charge >= 0.3 is 18.0 Å². The summed E-state index contributed by atoms with van der Waals surface area (Å²) in [5, 5.41) is 79.8. The smallest absolute Gasteiger partial charge is 0.411 e. The zero-order valence-electron chi connectivity index (χ0n) is 68.0. The number of fused-ring (bicyclic) bond motifs is 5. The van der Waals surface area contributed by atoms with Crippen LogP contribution < -0.4 is 46.9 Å². The maximum absolute atomic E-state index is 14.4. The quantitative estimate of drug-likeness (QED) is 0.0152. The number of ether oxygens (including phenoxy) is 5. The molecule has 1 aromatic heterocycles. The highest BCUT2D eigenvalue weighted by Crippen LogP contribution is 2.42. The van der Waals surface area contributed by atoms with Gasteiger partial charge in [0, 0.05) is 99.9 Å². The zero-order chi connectivity index (χ0) is 84.3. The molecule has 32 nitrogen and oxygen atoms in total. The molecule has 0 saturated carbocycles. The Morgan fingerprint density at radius 3 is 2.07 bits per heavy atom. The fourth-order valence-corrected chi connectivity index (χ4v) is 13.3. The molecule has 114 heavy (non-hydrogen) atoms. The molecular weight excluding hydrogens is 1470 g/mol. The van der Waals surface area contributed by atoms with Crippen LogP contribution >= 0.6 is 0 Å². The summed E-state index contributed by atoms with van der Waals surface area (Å²) in [5.74, 6) is -6.54. The Kier molecular flexibility index (Phi) is 32.1. The van der Waals surface area contributed by atoms with Gasteiger partial charge in [-0.1, -0.05) is 120 Å². The van der Waals surface area contributed by atoms with E-state index in [1.165, 1.54) is 36.1 Å². The largest absolute Gasteiger partial charge is 0.479 e. The van der Waals surface area contributed by atoms with Crippen LogP contribution in [0.1, 0.15) is 157 Å². The molecule has 9 unspecified atom stereocenters. The fraction of sp³-hybridized carbons (Fsp3) is 0.537. The molecule has 0 bridgehead atoms. The van der Waals surface area contributed by atoms with Crippen molar-refractivity contribution in [1.29, 1.82) is 0 Å². The van der Waals surface area contributed by atoms with Crippen molar-refractivity contribution < 1.29 is 97.2 Å². The molecular formula is C82H114N12O20. The Bertz CT molecular complexity index is 4260. The van der Waals surface area contributed by atoms with Crippen molar-refractivity contribution in [3.8, 4) is 28.3 Å².